The van der Waals surface area contributed by atoms with Gasteiger partial charge in [0.2, 0.25) is 0 Å². The number of carbonyl (C=O) groups is 2. The first kappa shape index (κ1) is 31.6. The molecule has 1 N–H and O–H groups in total. The first-order valence-corrected chi connectivity index (χ1v) is 14.0. The van der Waals surface area contributed by atoms with Crippen molar-refractivity contribution in [1.82, 2.24) is 40.3 Å². The van der Waals surface area contributed by atoms with Crippen LogP contribution in [0.4, 0.5) is 13.2 Å². The molecule has 0 spiro atoms. The van der Waals surface area contributed by atoms with Crippen molar-refractivity contribution in [2.45, 2.75) is 32.6 Å². The molecule has 0 aliphatic rings. The molecule has 11 nitrogen and oxygen atoms in total. The number of methoxy groups -OCH3 is 1. The van der Waals surface area contributed by atoms with Gasteiger partial charge in [-0.25, -0.2) is 9.67 Å². The van der Waals surface area contributed by atoms with E-state index in [4.69, 9.17) is 27.9 Å². The van der Waals surface area contributed by atoms with Gasteiger partial charge in [-0.3, -0.25) is 9.59 Å². The largest absolute Gasteiger partial charge is 0.496 e. The van der Waals surface area contributed by atoms with Crippen LogP contribution in [0.1, 0.15) is 49.1 Å². The van der Waals surface area contributed by atoms with Crippen molar-refractivity contribution in [2.24, 2.45) is 0 Å². The third-order valence-corrected chi connectivity index (χ3v) is 7.16. The zero-order valence-corrected chi connectivity index (χ0v) is 25.2. The molecular formula is C29H23Cl2F3N8O3. The Balaban J connectivity index is 1.47. The van der Waals surface area contributed by atoms with Gasteiger partial charge in [0.05, 0.1) is 17.8 Å². The molecule has 232 valence electrons. The van der Waals surface area contributed by atoms with Crippen molar-refractivity contribution in [1.29, 1.82) is 0 Å². The number of aryl methyl sites for hydroxylation is 1. The number of pyridine rings is 1. The molecule has 0 unspecified atom stereocenters. The summed E-state index contributed by atoms with van der Waals surface area (Å²) in [6.07, 6.45) is -3.59. The number of amides is 1. The van der Waals surface area contributed by atoms with Crippen LogP contribution in [0.15, 0.2) is 60.8 Å². The van der Waals surface area contributed by atoms with Gasteiger partial charge in [-0.15, -0.1) is 10.2 Å². The summed E-state index contributed by atoms with van der Waals surface area (Å²) in [5.41, 5.74) is 2.09. The van der Waals surface area contributed by atoms with E-state index in [2.05, 4.69) is 30.8 Å². The number of nitrogens with one attached hydrogen (secondary N) is 1. The van der Waals surface area contributed by atoms with Gasteiger partial charge in [0, 0.05) is 35.3 Å². The van der Waals surface area contributed by atoms with E-state index in [9.17, 15) is 22.8 Å². The molecule has 3 aromatic heterocycles. The molecule has 0 radical (unpaired) electrons. The van der Waals surface area contributed by atoms with Crippen LogP contribution >= 0.6 is 23.2 Å². The Kier molecular flexibility index (Phi) is 9.16. The average molecular weight is 659 g/mol. The Hall–Kier alpha value is -4.82. The second-order valence-electron chi connectivity index (χ2n) is 9.73. The summed E-state index contributed by atoms with van der Waals surface area (Å²) in [6.45, 7) is 1.54. The zero-order chi connectivity index (χ0) is 32.3. The van der Waals surface area contributed by atoms with E-state index in [1.807, 2.05) is 18.2 Å². The number of rotatable bonds is 10. The number of hydrogen-bond acceptors (Lipinski definition) is 8. The number of aromatic nitrogens is 7. The molecule has 0 saturated carbocycles. The Bertz CT molecular complexity index is 1890. The fourth-order valence-corrected chi connectivity index (χ4v) is 5.02. The van der Waals surface area contributed by atoms with Crippen molar-refractivity contribution in [3.63, 3.8) is 0 Å². The maximum absolute atomic E-state index is 13.9. The molecule has 0 bridgehead atoms. The number of Topliss-reactive ketones (excluding diaryl/α,β-unsaturated/α-hetero) is 1. The van der Waals surface area contributed by atoms with E-state index < -0.39 is 23.7 Å². The number of nitrogens with zero attached hydrogens (tertiary/aromatic N) is 7. The lowest BCUT2D eigenvalue weighted by atomic mass is 9.95. The third-order valence-electron chi connectivity index (χ3n) is 6.65. The molecule has 0 atom stereocenters. The van der Waals surface area contributed by atoms with Crippen LogP contribution in [-0.2, 0) is 25.7 Å². The summed E-state index contributed by atoms with van der Waals surface area (Å²) in [5, 5.41) is 17.5. The van der Waals surface area contributed by atoms with Crippen molar-refractivity contribution in [3.8, 4) is 11.6 Å². The lowest BCUT2D eigenvalue weighted by Gasteiger charge is -2.15. The number of hydrogen-bond donors (Lipinski definition) is 1. The number of carbonyl (C=O) groups excluding carboxylic acids is 2. The summed E-state index contributed by atoms with van der Waals surface area (Å²) in [4.78, 5) is 32.2. The van der Waals surface area contributed by atoms with E-state index in [1.54, 1.807) is 31.2 Å². The lowest BCUT2D eigenvalue weighted by Crippen LogP contribution is -2.25. The molecule has 5 aromatic rings. The molecule has 5 rings (SSSR count). The summed E-state index contributed by atoms with van der Waals surface area (Å²) in [7, 11) is 1.53. The van der Waals surface area contributed by atoms with E-state index in [0.29, 0.717) is 26.7 Å². The van der Waals surface area contributed by atoms with Gasteiger partial charge < -0.3 is 10.1 Å². The van der Waals surface area contributed by atoms with Gasteiger partial charge in [0.15, 0.2) is 11.6 Å². The van der Waals surface area contributed by atoms with Gasteiger partial charge >= 0.3 is 6.18 Å². The van der Waals surface area contributed by atoms with E-state index in [0.717, 1.165) is 5.56 Å². The molecule has 0 aliphatic carbocycles. The number of benzene rings is 2. The van der Waals surface area contributed by atoms with Crippen molar-refractivity contribution in [3.05, 3.63) is 110 Å². The Morgan fingerprint density at radius 3 is 2.53 bits per heavy atom. The quantitative estimate of drug-likeness (QED) is 0.200. The van der Waals surface area contributed by atoms with E-state index in [1.165, 1.54) is 30.1 Å². The summed E-state index contributed by atoms with van der Waals surface area (Å²) in [5.74, 6) is -1.65. The standard InChI is InChI=1S/C29H23Cl2F3N8O3/c1-16-10-18(30)11-21(27(44)36-14-17-6-3-4-8-25(17)45-2)20(16)13-24(43)23-12-19(15-41-39-28(37-40-41)29(32,33)34)38-42(23)26-22(31)7-5-9-35-26/h3-12H,13-15H2,1-2H3,(H,36,44). The first-order chi connectivity index (χ1) is 21.4. The average Bonchev–Trinajstić information content (AvgIpc) is 3.65. The molecule has 16 heteroatoms. The highest BCUT2D eigenvalue weighted by atomic mass is 35.5. The number of ketones is 1. The zero-order valence-electron chi connectivity index (χ0n) is 23.6. The van der Waals surface area contributed by atoms with Gasteiger partial charge in [0.25, 0.3) is 11.7 Å². The van der Waals surface area contributed by atoms with Crippen LogP contribution in [-0.4, -0.2) is 53.8 Å². The fourth-order valence-electron chi connectivity index (χ4n) is 4.55. The predicted molar refractivity (Wildman–Crippen MR) is 157 cm³/mol. The first-order valence-electron chi connectivity index (χ1n) is 13.2. The van der Waals surface area contributed by atoms with Gasteiger partial charge in [0.1, 0.15) is 18.0 Å². The summed E-state index contributed by atoms with van der Waals surface area (Å²) >= 11 is 12.7. The molecule has 0 fully saturated rings. The van der Waals surface area contributed by atoms with Crippen LogP contribution in [0, 0.1) is 6.92 Å². The Morgan fingerprint density at radius 1 is 1.04 bits per heavy atom. The highest BCUT2D eigenvalue weighted by molar-refractivity contribution is 6.32. The molecule has 2 aromatic carbocycles. The molecule has 45 heavy (non-hydrogen) atoms. The van der Waals surface area contributed by atoms with Crippen LogP contribution < -0.4 is 10.1 Å². The molecule has 3 heterocycles. The lowest BCUT2D eigenvalue weighted by molar-refractivity contribution is -0.145. The topological polar surface area (TPSA) is 130 Å². The third kappa shape index (κ3) is 7.13. The van der Waals surface area contributed by atoms with Crippen LogP contribution in [0.5, 0.6) is 5.75 Å². The van der Waals surface area contributed by atoms with Gasteiger partial charge in [-0.2, -0.15) is 23.1 Å². The molecular weight excluding hydrogens is 636 g/mol. The van der Waals surface area contributed by atoms with Gasteiger partial charge in [-0.05, 0) is 59.7 Å². The Morgan fingerprint density at radius 2 is 1.82 bits per heavy atom. The minimum atomic E-state index is -4.78. The van der Waals surface area contributed by atoms with E-state index >= 15 is 0 Å². The van der Waals surface area contributed by atoms with Crippen LogP contribution in [0.25, 0.3) is 5.82 Å². The number of ether oxygens (including phenoxy) is 1. The number of tetrazole rings is 1. The van der Waals surface area contributed by atoms with E-state index in [-0.39, 0.29) is 47.3 Å². The second-order valence-corrected chi connectivity index (χ2v) is 10.6. The number of alkyl halides is 3. The SMILES string of the molecule is COc1ccccc1CNC(=O)c1cc(Cl)cc(C)c1CC(=O)c1cc(Cn2nnc(C(F)(F)F)n2)nn1-c1ncccc1Cl. The van der Waals surface area contributed by atoms with Crippen molar-refractivity contribution >= 4 is 34.9 Å². The Labute approximate surface area is 263 Å². The summed E-state index contributed by atoms with van der Waals surface area (Å²) < 4.78 is 45.5. The maximum atomic E-state index is 13.9. The minimum absolute atomic E-state index is 0.0106. The van der Waals surface area contributed by atoms with Crippen molar-refractivity contribution in [2.75, 3.05) is 7.11 Å². The van der Waals surface area contributed by atoms with Crippen LogP contribution in [0.3, 0.4) is 0 Å². The maximum Gasteiger partial charge on any atom is 0.455 e. The van der Waals surface area contributed by atoms with Crippen LogP contribution in [0.2, 0.25) is 10.0 Å². The smallest absolute Gasteiger partial charge is 0.455 e. The molecule has 1 amide bonds. The fraction of sp³-hybridized carbons (Fsp3) is 0.207. The highest BCUT2D eigenvalue weighted by Crippen LogP contribution is 2.27. The minimum Gasteiger partial charge on any atom is -0.496 e. The van der Waals surface area contributed by atoms with Crippen molar-refractivity contribution < 1.29 is 27.5 Å². The molecule has 0 saturated heterocycles. The second kappa shape index (κ2) is 13.0. The normalized spacial score (nSPS) is 11.4. The number of halogens is 5. The predicted octanol–water partition coefficient (Wildman–Crippen LogP) is 5.30. The number of para-hydroxylation sites is 1. The monoisotopic (exact) mass is 658 g/mol. The summed E-state index contributed by atoms with van der Waals surface area (Å²) in [6, 6.07) is 14.8. The highest BCUT2D eigenvalue weighted by Gasteiger charge is 2.37. The molecule has 0 aliphatic heterocycles. The van der Waals surface area contributed by atoms with Gasteiger partial charge in [-0.1, -0.05) is 41.4 Å².